The van der Waals surface area contributed by atoms with E-state index in [0.29, 0.717) is 10.8 Å². The largest absolute Gasteiger partial charge is 0.505 e. The zero-order valence-electron chi connectivity index (χ0n) is 18.2. The number of nitrogens with one attached hydrogen (secondary N) is 1. The molecule has 0 aliphatic rings. The Balaban J connectivity index is 1.84. The van der Waals surface area contributed by atoms with Crippen LogP contribution in [0, 0.1) is 6.57 Å². The van der Waals surface area contributed by atoms with E-state index in [2.05, 4.69) is 35.5 Å². The maximum absolute atomic E-state index is 13.0. The number of aromatic nitrogens is 4. The number of fused-ring (bicyclic) bond motifs is 1. The maximum Gasteiger partial charge on any atom is 0.256 e. The summed E-state index contributed by atoms with van der Waals surface area (Å²) in [5, 5.41) is 27.6. The van der Waals surface area contributed by atoms with Crippen LogP contribution in [-0.2, 0) is 0 Å². The van der Waals surface area contributed by atoms with Crippen molar-refractivity contribution in [3.63, 3.8) is 0 Å². The van der Waals surface area contributed by atoms with Crippen molar-refractivity contribution in [2.24, 2.45) is 10.2 Å². The quantitative estimate of drug-likeness (QED) is 0.341. The number of amides is 1. The van der Waals surface area contributed by atoms with E-state index in [0.717, 1.165) is 0 Å². The second-order valence-corrected chi connectivity index (χ2v) is 8.17. The van der Waals surface area contributed by atoms with Gasteiger partial charge >= 0.3 is 0 Å². The predicted molar refractivity (Wildman–Crippen MR) is 122 cm³/mol. The lowest BCUT2D eigenvalue weighted by atomic mass is 10.00. The Kier molecular flexibility index (Phi) is 5.54. The lowest BCUT2D eigenvalue weighted by Gasteiger charge is -2.21. The molecule has 0 aliphatic carbocycles. The first-order valence-electron chi connectivity index (χ1n) is 10.0. The second kappa shape index (κ2) is 8.47. The van der Waals surface area contributed by atoms with Gasteiger partial charge in [-0.1, -0.05) is 24.3 Å². The smallest absolute Gasteiger partial charge is 0.256 e. The lowest BCUT2D eigenvalue weighted by molar-refractivity contribution is 0.0918. The number of aromatic hydroxyl groups is 1. The molecule has 33 heavy (non-hydrogen) atoms. The highest BCUT2D eigenvalue weighted by atomic mass is 16.3. The molecular formula is C23H20N8O2. The van der Waals surface area contributed by atoms with Crippen molar-refractivity contribution >= 4 is 33.9 Å². The fraction of sp³-hybridized carbons (Fsp3) is 0.174. The molecule has 4 aromatic rings. The maximum atomic E-state index is 13.0. The molecule has 0 atom stereocenters. The molecule has 2 aromatic carbocycles. The SMILES string of the molecule is [C-]#[N+]c1cnn(-c2ncccn2)c1N=Nc1cc2ccccc2c(C(=O)NC(C)(C)C)c1O. The van der Waals surface area contributed by atoms with E-state index < -0.39 is 11.4 Å². The van der Waals surface area contributed by atoms with Gasteiger partial charge in [0.25, 0.3) is 17.5 Å². The Hall–Kier alpha value is -4.65. The molecule has 4 rings (SSSR count). The van der Waals surface area contributed by atoms with Gasteiger partial charge in [-0.3, -0.25) is 4.79 Å². The minimum Gasteiger partial charge on any atom is -0.505 e. The monoisotopic (exact) mass is 440 g/mol. The highest BCUT2D eigenvalue weighted by Crippen LogP contribution is 2.39. The Labute approximate surface area is 189 Å². The number of rotatable bonds is 4. The summed E-state index contributed by atoms with van der Waals surface area (Å²) in [6.07, 6.45) is 4.41. The zero-order chi connectivity index (χ0) is 23.6. The molecule has 164 valence electrons. The van der Waals surface area contributed by atoms with Gasteiger partial charge in [-0.15, -0.1) is 10.2 Å². The number of hydrogen-bond acceptors (Lipinski definition) is 7. The summed E-state index contributed by atoms with van der Waals surface area (Å²) in [4.78, 5) is 24.7. The molecule has 0 fully saturated rings. The molecule has 0 radical (unpaired) electrons. The number of phenols is 1. The normalized spacial score (nSPS) is 11.6. The van der Waals surface area contributed by atoms with Gasteiger partial charge < -0.3 is 10.4 Å². The van der Waals surface area contributed by atoms with Crippen LogP contribution in [0.25, 0.3) is 21.6 Å². The fourth-order valence-electron chi connectivity index (χ4n) is 3.18. The minimum absolute atomic E-state index is 0.0745. The Morgan fingerprint density at radius 1 is 1.15 bits per heavy atom. The number of phenolic OH excluding ortho intramolecular Hbond substituents is 1. The van der Waals surface area contributed by atoms with E-state index in [-0.39, 0.29) is 34.5 Å². The number of nitrogens with zero attached hydrogens (tertiary/aromatic N) is 7. The van der Waals surface area contributed by atoms with Gasteiger partial charge in [-0.05, 0) is 43.7 Å². The number of hydrogen-bond donors (Lipinski definition) is 2. The average molecular weight is 440 g/mol. The lowest BCUT2D eigenvalue weighted by Crippen LogP contribution is -2.40. The summed E-state index contributed by atoms with van der Waals surface area (Å²) in [6.45, 7) is 13.0. The number of azo groups is 1. The van der Waals surface area contributed by atoms with Crippen LogP contribution in [0.15, 0.2) is 65.2 Å². The first kappa shape index (κ1) is 21.6. The molecule has 0 bridgehead atoms. The Morgan fingerprint density at radius 2 is 1.88 bits per heavy atom. The van der Waals surface area contributed by atoms with E-state index in [1.54, 1.807) is 24.3 Å². The van der Waals surface area contributed by atoms with Crippen molar-refractivity contribution in [1.29, 1.82) is 0 Å². The van der Waals surface area contributed by atoms with Gasteiger partial charge in [0, 0.05) is 17.9 Å². The van der Waals surface area contributed by atoms with Gasteiger partial charge in [0.2, 0.25) is 0 Å². The third-order valence-corrected chi connectivity index (χ3v) is 4.56. The van der Waals surface area contributed by atoms with Gasteiger partial charge in [0.1, 0.15) is 5.69 Å². The summed E-state index contributed by atoms with van der Waals surface area (Å²) < 4.78 is 1.28. The molecule has 0 saturated carbocycles. The summed E-state index contributed by atoms with van der Waals surface area (Å²) >= 11 is 0. The van der Waals surface area contributed by atoms with Gasteiger partial charge in [-0.25, -0.2) is 14.8 Å². The summed E-state index contributed by atoms with van der Waals surface area (Å²) in [6, 6.07) is 10.5. The zero-order valence-corrected chi connectivity index (χ0v) is 18.2. The van der Waals surface area contributed by atoms with Crippen LogP contribution >= 0.6 is 0 Å². The first-order valence-corrected chi connectivity index (χ1v) is 10.0. The number of carbonyl (C=O) groups excluding carboxylic acids is 1. The van der Waals surface area contributed by atoms with Crippen LogP contribution in [-0.4, -0.2) is 36.3 Å². The summed E-state index contributed by atoms with van der Waals surface area (Å²) in [5.41, 5.74) is -0.195. The summed E-state index contributed by atoms with van der Waals surface area (Å²) in [7, 11) is 0. The molecule has 0 unspecified atom stereocenters. The second-order valence-electron chi connectivity index (χ2n) is 8.17. The van der Waals surface area contributed by atoms with Crippen molar-refractivity contribution in [2.75, 3.05) is 0 Å². The van der Waals surface area contributed by atoms with E-state index in [1.807, 2.05) is 32.9 Å². The van der Waals surface area contributed by atoms with E-state index >= 15 is 0 Å². The van der Waals surface area contributed by atoms with Gasteiger partial charge in [-0.2, -0.15) is 9.78 Å². The molecule has 0 spiro atoms. The highest BCUT2D eigenvalue weighted by Gasteiger charge is 2.23. The molecule has 0 aliphatic heterocycles. The van der Waals surface area contributed by atoms with E-state index in [1.165, 1.54) is 23.3 Å². The van der Waals surface area contributed by atoms with Crippen LogP contribution in [0.3, 0.4) is 0 Å². The standard InChI is InChI=1S/C23H20N8O2/c1-23(2,3)28-21(33)18-15-9-6-5-8-14(15)12-16(19(18)32)29-30-20-17(24-4)13-27-31(20)22-25-10-7-11-26-22/h5-13,32H,1-3H3,(H,28,33). The van der Waals surface area contributed by atoms with Crippen molar-refractivity contribution in [3.8, 4) is 11.7 Å². The summed E-state index contributed by atoms with van der Waals surface area (Å²) in [5.74, 6) is -0.429. The molecule has 1 amide bonds. The molecule has 0 saturated heterocycles. The van der Waals surface area contributed by atoms with Crippen LogP contribution in [0.2, 0.25) is 0 Å². The number of carbonyl (C=O) groups is 1. The third kappa shape index (κ3) is 4.38. The fourth-order valence-corrected chi connectivity index (χ4v) is 3.18. The van der Waals surface area contributed by atoms with Crippen LogP contribution < -0.4 is 5.32 Å². The van der Waals surface area contributed by atoms with Crippen LogP contribution in [0.1, 0.15) is 31.1 Å². The van der Waals surface area contributed by atoms with Crippen molar-refractivity contribution < 1.29 is 9.90 Å². The molecular weight excluding hydrogens is 420 g/mol. The average Bonchev–Trinajstić information content (AvgIpc) is 3.20. The van der Waals surface area contributed by atoms with Crippen LogP contribution in [0.4, 0.5) is 17.2 Å². The predicted octanol–water partition coefficient (Wildman–Crippen LogP) is 5.02. The van der Waals surface area contributed by atoms with Crippen molar-refractivity contribution in [1.82, 2.24) is 25.1 Å². The van der Waals surface area contributed by atoms with E-state index in [4.69, 9.17) is 6.57 Å². The molecule has 10 nitrogen and oxygen atoms in total. The van der Waals surface area contributed by atoms with Crippen LogP contribution in [0.5, 0.6) is 5.75 Å². The number of benzene rings is 2. The first-order chi connectivity index (χ1) is 15.8. The van der Waals surface area contributed by atoms with Crippen molar-refractivity contribution in [2.45, 2.75) is 26.3 Å². The molecule has 10 heteroatoms. The van der Waals surface area contributed by atoms with Crippen molar-refractivity contribution in [3.05, 3.63) is 72.0 Å². The van der Waals surface area contributed by atoms with E-state index in [9.17, 15) is 9.90 Å². The topological polar surface area (TPSA) is 122 Å². The molecule has 2 heterocycles. The third-order valence-electron chi connectivity index (χ3n) is 4.56. The minimum atomic E-state index is -0.505. The Morgan fingerprint density at radius 3 is 2.58 bits per heavy atom. The molecule has 2 N–H and O–H groups in total. The highest BCUT2D eigenvalue weighted by molar-refractivity contribution is 6.11. The Bertz CT molecular complexity index is 1410. The van der Waals surface area contributed by atoms with Gasteiger partial charge in [0.05, 0.1) is 18.3 Å². The molecule has 2 aromatic heterocycles. The van der Waals surface area contributed by atoms with Gasteiger partial charge in [0.15, 0.2) is 11.6 Å².